The predicted octanol–water partition coefficient (Wildman–Crippen LogP) is 3.35. The number of carbonyl (C=O) groups excluding carboxylic acids is 1. The first-order valence-electron chi connectivity index (χ1n) is 5.90. The van der Waals surface area contributed by atoms with Crippen molar-refractivity contribution in [2.45, 2.75) is 6.92 Å². The summed E-state index contributed by atoms with van der Waals surface area (Å²) in [6.07, 6.45) is 0. The van der Waals surface area contributed by atoms with Crippen LogP contribution in [0.2, 0.25) is 5.02 Å². The lowest BCUT2D eigenvalue weighted by atomic mass is 10.1. The van der Waals surface area contributed by atoms with Crippen LogP contribution in [0.25, 0.3) is 0 Å². The number of amides is 1. The van der Waals surface area contributed by atoms with Gasteiger partial charge in [-0.15, -0.1) is 11.3 Å². The van der Waals surface area contributed by atoms with Crippen LogP contribution in [0.15, 0.2) is 47.0 Å². The Kier molecular flexibility index (Phi) is 6.61. The van der Waals surface area contributed by atoms with Crippen molar-refractivity contribution in [3.8, 4) is 5.75 Å². The van der Waals surface area contributed by atoms with E-state index >= 15 is 0 Å². The Hall–Kier alpha value is -1.83. The third-order valence-electron chi connectivity index (χ3n) is 2.37. The van der Waals surface area contributed by atoms with Crippen molar-refractivity contribution >= 4 is 39.0 Å². The molecular formula is C14H14ClNO4S2. The van der Waals surface area contributed by atoms with Gasteiger partial charge in [-0.2, -0.15) is 8.42 Å². The number of hydrogen-bond acceptors (Lipinski definition) is 5. The van der Waals surface area contributed by atoms with Crippen molar-refractivity contribution in [2.75, 3.05) is 0 Å². The molecule has 0 aliphatic rings. The first kappa shape index (κ1) is 18.2. The number of thiophene rings is 1. The van der Waals surface area contributed by atoms with Crippen LogP contribution in [-0.4, -0.2) is 14.3 Å². The molecule has 2 aromatic rings. The molecule has 1 aromatic carbocycles. The van der Waals surface area contributed by atoms with E-state index in [1.165, 1.54) is 11.3 Å². The number of halogens is 1. The minimum atomic E-state index is -3.57. The van der Waals surface area contributed by atoms with E-state index in [0.29, 0.717) is 16.3 Å². The molecule has 0 atom stereocenters. The van der Waals surface area contributed by atoms with E-state index in [4.69, 9.17) is 17.3 Å². The molecule has 0 unspecified atom stereocenters. The number of aryl methyl sites for hydroxylation is 1. The molecule has 2 rings (SSSR count). The molecule has 1 heterocycles. The Morgan fingerprint density at radius 2 is 2.09 bits per heavy atom. The summed E-state index contributed by atoms with van der Waals surface area (Å²) >= 11 is 7.04. The molecule has 118 valence electrons. The van der Waals surface area contributed by atoms with Crippen LogP contribution in [-0.2, 0) is 10.1 Å². The molecule has 0 aliphatic carbocycles. The van der Waals surface area contributed by atoms with E-state index in [1.54, 1.807) is 41.9 Å². The molecule has 5 nitrogen and oxygen atoms in total. The summed E-state index contributed by atoms with van der Waals surface area (Å²) in [5, 5.41) is 4.71. The van der Waals surface area contributed by atoms with Crippen LogP contribution >= 0.6 is 22.9 Å². The molecule has 2 N–H and O–H groups in total. The zero-order chi connectivity index (χ0) is 16.8. The summed E-state index contributed by atoms with van der Waals surface area (Å²) in [5.74, 6) is -0.0888. The average Bonchev–Trinajstić information content (AvgIpc) is 2.91. The second-order valence-electron chi connectivity index (χ2n) is 4.03. The van der Waals surface area contributed by atoms with Crippen LogP contribution in [0.5, 0.6) is 5.75 Å². The number of hydrogen-bond donors (Lipinski definition) is 1. The fourth-order valence-corrected chi connectivity index (χ4v) is 2.65. The van der Waals surface area contributed by atoms with Gasteiger partial charge in [0.2, 0.25) is 5.91 Å². The van der Waals surface area contributed by atoms with Gasteiger partial charge in [0.05, 0.1) is 5.41 Å². The SMILES string of the molecule is C=CS(=O)(=O)Oc1ccsc1.Cc1cc(Cl)ccc1C(N)=O. The highest BCUT2D eigenvalue weighted by atomic mass is 35.5. The number of benzene rings is 1. The molecule has 0 radical (unpaired) electrons. The van der Waals surface area contributed by atoms with Gasteiger partial charge >= 0.3 is 10.1 Å². The number of carbonyl (C=O) groups is 1. The first-order chi connectivity index (χ1) is 10.2. The van der Waals surface area contributed by atoms with Gasteiger partial charge < -0.3 is 9.92 Å². The average molecular weight is 360 g/mol. The van der Waals surface area contributed by atoms with Crippen molar-refractivity contribution in [3.63, 3.8) is 0 Å². The lowest BCUT2D eigenvalue weighted by molar-refractivity contribution is 0.0999. The van der Waals surface area contributed by atoms with E-state index in [-0.39, 0.29) is 0 Å². The van der Waals surface area contributed by atoms with Crippen LogP contribution < -0.4 is 9.92 Å². The molecule has 0 spiro atoms. The summed E-state index contributed by atoms with van der Waals surface area (Å²) in [6.45, 7) is 4.90. The van der Waals surface area contributed by atoms with Crippen LogP contribution in [0, 0.1) is 6.92 Å². The summed E-state index contributed by atoms with van der Waals surface area (Å²) in [4.78, 5) is 10.7. The smallest absolute Gasteiger partial charge is 0.331 e. The van der Waals surface area contributed by atoms with Gasteiger partial charge in [-0.05, 0) is 42.1 Å². The van der Waals surface area contributed by atoms with Gasteiger partial charge in [0, 0.05) is 16.0 Å². The summed E-state index contributed by atoms with van der Waals surface area (Å²) in [7, 11) is -3.57. The molecule has 1 aromatic heterocycles. The summed E-state index contributed by atoms with van der Waals surface area (Å²) in [5.41, 5.74) is 6.42. The van der Waals surface area contributed by atoms with Gasteiger partial charge in [0.25, 0.3) is 0 Å². The lowest BCUT2D eigenvalue weighted by Crippen LogP contribution is -2.12. The molecule has 0 bridgehead atoms. The summed E-state index contributed by atoms with van der Waals surface area (Å²) < 4.78 is 26.0. The molecule has 22 heavy (non-hydrogen) atoms. The fourth-order valence-electron chi connectivity index (χ4n) is 1.37. The van der Waals surface area contributed by atoms with E-state index < -0.39 is 16.0 Å². The Bertz CT molecular complexity index is 755. The zero-order valence-electron chi connectivity index (χ0n) is 11.7. The molecule has 0 saturated carbocycles. The minimum absolute atomic E-state index is 0.329. The van der Waals surface area contributed by atoms with Crippen LogP contribution in [0.3, 0.4) is 0 Å². The fraction of sp³-hybridized carbons (Fsp3) is 0.0714. The van der Waals surface area contributed by atoms with Crippen molar-refractivity contribution in [3.05, 3.63) is 63.2 Å². The predicted molar refractivity (Wildman–Crippen MR) is 88.8 cm³/mol. The quantitative estimate of drug-likeness (QED) is 0.848. The summed E-state index contributed by atoms with van der Waals surface area (Å²) in [6, 6.07) is 6.56. The van der Waals surface area contributed by atoms with Crippen molar-refractivity contribution < 1.29 is 17.4 Å². The van der Waals surface area contributed by atoms with Gasteiger partial charge in [-0.25, -0.2) is 0 Å². The van der Waals surface area contributed by atoms with Crippen molar-refractivity contribution in [1.29, 1.82) is 0 Å². The molecule has 1 amide bonds. The van der Waals surface area contributed by atoms with Crippen molar-refractivity contribution in [1.82, 2.24) is 0 Å². The Balaban J connectivity index is 0.000000220. The molecule has 0 saturated heterocycles. The third-order valence-corrected chi connectivity index (χ3v) is 4.10. The normalized spacial score (nSPS) is 10.3. The first-order valence-corrected chi connectivity index (χ1v) is 8.69. The van der Waals surface area contributed by atoms with E-state index in [0.717, 1.165) is 11.0 Å². The number of primary amides is 1. The van der Waals surface area contributed by atoms with Gasteiger partial charge in [0.15, 0.2) is 5.75 Å². The monoisotopic (exact) mass is 359 g/mol. The largest absolute Gasteiger partial charge is 0.379 e. The molecular weight excluding hydrogens is 346 g/mol. The zero-order valence-corrected chi connectivity index (χ0v) is 14.0. The van der Waals surface area contributed by atoms with Crippen molar-refractivity contribution in [2.24, 2.45) is 5.73 Å². The standard InChI is InChI=1S/C8H8ClNO.C6H6O3S2/c1-5-4-6(9)2-3-7(5)8(10)11;1-2-11(7,8)9-6-3-4-10-5-6/h2-4H,1H3,(H2,10,11);2-5H,1H2. The maximum Gasteiger partial charge on any atom is 0.331 e. The van der Waals surface area contributed by atoms with E-state index in [1.807, 2.05) is 0 Å². The maximum atomic E-state index is 10.7. The van der Waals surface area contributed by atoms with E-state index in [9.17, 15) is 13.2 Å². The highest BCUT2D eigenvalue weighted by Gasteiger charge is 2.05. The number of nitrogens with two attached hydrogens (primary N) is 1. The van der Waals surface area contributed by atoms with Crippen LogP contribution in [0.1, 0.15) is 15.9 Å². The minimum Gasteiger partial charge on any atom is -0.379 e. The Labute approximate surface area is 138 Å². The van der Waals surface area contributed by atoms with Gasteiger partial charge in [0.1, 0.15) is 0 Å². The third kappa shape index (κ3) is 5.88. The highest BCUT2D eigenvalue weighted by Crippen LogP contribution is 2.17. The molecule has 0 fully saturated rings. The van der Waals surface area contributed by atoms with Crippen LogP contribution in [0.4, 0.5) is 0 Å². The molecule has 0 aliphatic heterocycles. The molecule has 8 heteroatoms. The number of rotatable bonds is 4. The second-order valence-corrected chi connectivity index (χ2v) is 6.73. The van der Waals surface area contributed by atoms with E-state index in [2.05, 4.69) is 10.8 Å². The highest BCUT2D eigenvalue weighted by molar-refractivity contribution is 7.90. The Morgan fingerprint density at radius 1 is 1.41 bits per heavy atom. The topological polar surface area (TPSA) is 86.5 Å². The second kappa shape index (κ2) is 7.98. The van der Waals surface area contributed by atoms with Gasteiger partial charge in [-0.3, -0.25) is 4.79 Å². The Morgan fingerprint density at radius 3 is 2.55 bits per heavy atom. The van der Waals surface area contributed by atoms with Gasteiger partial charge in [-0.1, -0.05) is 18.2 Å². The lowest BCUT2D eigenvalue weighted by Gasteiger charge is -1.99. The maximum absolute atomic E-state index is 10.7.